The molecule has 0 amide bonds. The molecule has 0 saturated heterocycles. The topological polar surface area (TPSA) is 47.6 Å². The third-order valence-corrected chi connectivity index (χ3v) is 3.48. The third-order valence-electron chi connectivity index (χ3n) is 3.48. The first-order valence-electron chi connectivity index (χ1n) is 7.40. The molecule has 1 aromatic carbocycles. The van der Waals surface area contributed by atoms with Crippen molar-refractivity contribution in [2.45, 2.75) is 39.0 Å². The Bertz CT molecular complexity index is 459. The van der Waals surface area contributed by atoms with E-state index in [0.29, 0.717) is 18.9 Å². The fourth-order valence-corrected chi connectivity index (χ4v) is 2.48. The van der Waals surface area contributed by atoms with Crippen LogP contribution in [-0.4, -0.2) is 25.7 Å². The average Bonchev–Trinajstić information content (AvgIpc) is 2.85. The number of rotatable bonds is 7. The predicted molar refractivity (Wildman–Crippen MR) is 79.3 cm³/mol. The molecule has 1 aromatic rings. The van der Waals surface area contributed by atoms with Crippen LogP contribution in [-0.2, 0) is 9.53 Å². The van der Waals surface area contributed by atoms with Gasteiger partial charge in [0, 0.05) is 24.6 Å². The molecule has 0 radical (unpaired) electrons. The van der Waals surface area contributed by atoms with Gasteiger partial charge in [-0.3, -0.25) is 4.79 Å². The second-order valence-corrected chi connectivity index (χ2v) is 5.02. The van der Waals surface area contributed by atoms with Gasteiger partial charge in [-0.25, -0.2) is 0 Å². The zero-order chi connectivity index (χ0) is 14.4. The Morgan fingerprint density at radius 2 is 2.25 bits per heavy atom. The molecule has 2 rings (SSSR count). The maximum atomic E-state index is 11.5. The third kappa shape index (κ3) is 3.65. The van der Waals surface area contributed by atoms with Gasteiger partial charge in [0.05, 0.1) is 13.2 Å². The van der Waals surface area contributed by atoms with Gasteiger partial charge in [0.15, 0.2) is 0 Å². The highest BCUT2D eigenvalue weighted by molar-refractivity contribution is 5.69. The van der Waals surface area contributed by atoms with Crippen molar-refractivity contribution in [1.82, 2.24) is 0 Å². The number of esters is 1. The second kappa shape index (κ2) is 7.17. The van der Waals surface area contributed by atoms with Gasteiger partial charge in [0.2, 0.25) is 0 Å². The standard InChI is InChI=1S/C16H23NO3/c1-3-9-20-13-6-7-15-14(10-13)12(11-17-15)5-8-16(18)19-4-2/h6-7,10,12,17H,3-5,8-9,11H2,1-2H3. The Kier molecular flexibility index (Phi) is 5.27. The minimum absolute atomic E-state index is 0.112. The second-order valence-electron chi connectivity index (χ2n) is 5.02. The summed E-state index contributed by atoms with van der Waals surface area (Å²) in [6.45, 7) is 6.00. The molecule has 1 aliphatic heterocycles. The van der Waals surface area contributed by atoms with Gasteiger partial charge in [-0.05, 0) is 43.5 Å². The van der Waals surface area contributed by atoms with Gasteiger partial charge >= 0.3 is 5.97 Å². The van der Waals surface area contributed by atoms with Gasteiger partial charge in [0.25, 0.3) is 0 Å². The summed E-state index contributed by atoms with van der Waals surface area (Å²) >= 11 is 0. The molecule has 0 aromatic heterocycles. The van der Waals surface area contributed by atoms with Gasteiger partial charge in [-0.2, -0.15) is 0 Å². The van der Waals surface area contributed by atoms with E-state index in [9.17, 15) is 4.79 Å². The number of hydrogen-bond donors (Lipinski definition) is 1. The Morgan fingerprint density at radius 3 is 3.00 bits per heavy atom. The summed E-state index contributed by atoms with van der Waals surface area (Å²) in [5.41, 5.74) is 2.41. The highest BCUT2D eigenvalue weighted by Gasteiger charge is 2.23. The molecule has 0 saturated carbocycles. The molecule has 1 heterocycles. The van der Waals surface area contributed by atoms with E-state index in [1.54, 1.807) is 0 Å². The van der Waals surface area contributed by atoms with E-state index >= 15 is 0 Å². The van der Waals surface area contributed by atoms with E-state index in [1.807, 2.05) is 13.0 Å². The van der Waals surface area contributed by atoms with Crippen molar-refractivity contribution >= 4 is 11.7 Å². The fourth-order valence-electron chi connectivity index (χ4n) is 2.48. The first kappa shape index (κ1) is 14.7. The molecule has 1 unspecified atom stereocenters. The van der Waals surface area contributed by atoms with Gasteiger partial charge < -0.3 is 14.8 Å². The highest BCUT2D eigenvalue weighted by Crippen LogP contribution is 2.36. The van der Waals surface area contributed by atoms with Crippen LogP contribution in [0, 0.1) is 0 Å². The van der Waals surface area contributed by atoms with Crippen LogP contribution < -0.4 is 10.1 Å². The van der Waals surface area contributed by atoms with Gasteiger partial charge in [0.1, 0.15) is 5.75 Å². The van der Waals surface area contributed by atoms with Crippen LogP contribution in [0.5, 0.6) is 5.75 Å². The van der Waals surface area contributed by atoms with Crippen LogP contribution in [0.4, 0.5) is 5.69 Å². The van der Waals surface area contributed by atoms with Crippen molar-refractivity contribution in [3.8, 4) is 5.75 Å². The SMILES string of the molecule is CCCOc1ccc2c(c1)C(CCC(=O)OCC)CN2. The monoisotopic (exact) mass is 277 g/mol. The number of anilines is 1. The molecular weight excluding hydrogens is 254 g/mol. The van der Waals surface area contributed by atoms with Crippen molar-refractivity contribution in [2.75, 3.05) is 25.1 Å². The zero-order valence-electron chi connectivity index (χ0n) is 12.3. The van der Waals surface area contributed by atoms with Crippen molar-refractivity contribution in [3.63, 3.8) is 0 Å². The van der Waals surface area contributed by atoms with E-state index in [2.05, 4.69) is 24.4 Å². The first-order valence-corrected chi connectivity index (χ1v) is 7.40. The van der Waals surface area contributed by atoms with Gasteiger partial charge in [-0.15, -0.1) is 0 Å². The molecular formula is C16H23NO3. The summed E-state index contributed by atoms with van der Waals surface area (Å²) in [7, 11) is 0. The van der Waals surface area contributed by atoms with E-state index in [4.69, 9.17) is 9.47 Å². The van der Waals surface area contributed by atoms with Crippen molar-refractivity contribution in [1.29, 1.82) is 0 Å². The lowest BCUT2D eigenvalue weighted by molar-refractivity contribution is -0.143. The Morgan fingerprint density at radius 1 is 1.40 bits per heavy atom. The van der Waals surface area contributed by atoms with E-state index in [0.717, 1.165) is 37.4 Å². The number of carbonyl (C=O) groups excluding carboxylic acids is 1. The average molecular weight is 277 g/mol. The molecule has 1 aliphatic rings. The summed E-state index contributed by atoms with van der Waals surface area (Å²) in [5.74, 6) is 1.16. The molecule has 1 N–H and O–H groups in total. The van der Waals surface area contributed by atoms with Crippen LogP contribution in [0.2, 0.25) is 0 Å². The summed E-state index contributed by atoms with van der Waals surface area (Å²) < 4.78 is 10.7. The molecule has 1 atom stereocenters. The lowest BCUT2D eigenvalue weighted by Crippen LogP contribution is -2.08. The van der Waals surface area contributed by atoms with Crippen LogP contribution in [0.1, 0.15) is 44.6 Å². The Labute approximate surface area is 120 Å². The van der Waals surface area contributed by atoms with Crippen LogP contribution >= 0.6 is 0 Å². The molecule has 110 valence electrons. The minimum Gasteiger partial charge on any atom is -0.494 e. The maximum absolute atomic E-state index is 11.5. The molecule has 4 heteroatoms. The normalized spacial score (nSPS) is 16.4. The highest BCUT2D eigenvalue weighted by atomic mass is 16.5. The maximum Gasteiger partial charge on any atom is 0.305 e. The Balaban J connectivity index is 1.97. The van der Waals surface area contributed by atoms with Crippen molar-refractivity contribution in [2.24, 2.45) is 0 Å². The summed E-state index contributed by atoms with van der Waals surface area (Å²) in [6, 6.07) is 6.15. The van der Waals surface area contributed by atoms with E-state index in [-0.39, 0.29) is 5.97 Å². The summed E-state index contributed by atoms with van der Waals surface area (Å²) in [5, 5.41) is 3.38. The molecule has 20 heavy (non-hydrogen) atoms. The number of ether oxygens (including phenoxy) is 2. The summed E-state index contributed by atoms with van der Waals surface area (Å²) in [6.07, 6.45) is 2.29. The zero-order valence-corrected chi connectivity index (χ0v) is 12.3. The van der Waals surface area contributed by atoms with Crippen LogP contribution in [0.3, 0.4) is 0 Å². The summed E-state index contributed by atoms with van der Waals surface area (Å²) in [4.78, 5) is 11.5. The number of benzene rings is 1. The largest absolute Gasteiger partial charge is 0.494 e. The molecule has 0 spiro atoms. The first-order chi connectivity index (χ1) is 9.74. The lowest BCUT2D eigenvalue weighted by atomic mass is 9.96. The minimum atomic E-state index is -0.112. The van der Waals surface area contributed by atoms with Crippen LogP contribution in [0.25, 0.3) is 0 Å². The van der Waals surface area contributed by atoms with E-state index < -0.39 is 0 Å². The number of hydrogen-bond acceptors (Lipinski definition) is 4. The smallest absolute Gasteiger partial charge is 0.305 e. The van der Waals surface area contributed by atoms with E-state index in [1.165, 1.54) is 5.56 Å². The number of nitrogens with one attached hydrogen (secondary N) is 1. The van der Waals surface area contributed by atoms with Crippen molar-refractivity contribution < 1.29 is 14.3 Å². The van der Waals surface area contributed by atoms with Crippen LogP contribution in [0.15, 0.2) is 18.2 Å². The Hall–Kier alpha value is -1.71. The molecule has 4 nitrogen and oxygen atoms in total. The lowest BCUT2D eigenvalue weighted by Gasteiger charge is -2.11. The fraction of sp³-hybridized carbons (Fsp3) is 0.562. The molecule has 0 bridgehead atoms. The van der Waals surface area contributed by atoms with Crippen molar-refractivity contribution in [3.05, 3.63) is 23.8 Å². The molecule has 0 aliphatic carbocycles. The number of fused-ring (bicyclic) bond motifs is 1. The quantitative estimate of drug-likeness (QED) is 0.777. The molecule has 0 fully saturated rings. The predicted octanol–water partition coefficient (Wildman–Crippen LogP) is 3.33. The number of carbonyl (C=O) groups is 1. The van der Waals surface area contributed by atoms with Gasteiger partial charge in [-0.1, -0.05) is 6.92 Å².